The first kappa shape index (κ1) is 52.5. The van der Waals surface area contributed by atoms with Crippen molar-refractivity contribution in [2.75, 3.05) is 57.9 Å². The third-order valence-corrected chi connectivity index (χ3v) is 14.1. The second-order valence-corrected chi connectivity index (χ2v) is 20.7. The Kier molecular flexibility index (Phi) is 16.2. The van der Waals surface area contributed by atoms with E-state index in [2.05, 4.69) is 45.8 Å². The lowest BCUT2D eigenvalue weighted by Gasteiger charge is -2.46. The summed E-state index contributed by atoms with van der Waals surface area (Å²) in [7, 11) is 1.66. The lowest BCUT2D eigenvalue weighted by Crippen LogP contribution is -2.67. The number of carboxylic acid groups (broad SMARTS) is 1. The fourth-order valence-corrected chi connectivity index (χ4v) is 10.5. The number of nitrogens with zero attached hydrogens (tertiary/aromatic N) is 6. The highest BCUT2D eigenvalue weighted by Gasteiger charge is 2.57. The Morgan fingerprint density at radius 3 is 2.44 bits per heavy atom. The normalized spacial score (nSPS) is 18.0. The first-order valence-electron chi connectivity index (χ1n) is 24.2. The minimum absolute atomic E-state index is 0.0693. The molecular formula is C53H68N8O9S. The average Bonchev–Trinajstić information content (AvgIpc) is 3.97. The topological polar surface area (TPSA) is 201 Å². The van der Waals surface area contributed by atoms with Crippen LogP contribution in [0.15, 0.2) is 78.8 Å². The van der Waals surface area contributed by atoms with E-state index in [0.29, 0.717) is 57.8 Å². The van der Waals surface area contributed by atoms with Crippen LogP contribution in [-0.2, 0) is 48.9 Å². The number of fused-ring (bicyclic) bond motifs is 1. The Labute approximate surface area is 419 Å². The number of hydrogen-bond donors (Lipinski definition) is 4. The van der Waals surface area contributed by atoms with Gasteiger partial charge in [-0.15, -0.1) is 17.9 Å². The Bertz CT molecular complexity index is 2720. The van der Waals surface area contributed by atoms with Gasteiger partial charge < -0.3 is 44.1 Å². The molecule has 18 heteroatoms. The number of aliphatic hydroxyl groups excluding tert-OH is 1. The zero-order chi connectivity index (χ0) is 51.3. The van der Waals surface area contributed by atoms with Gasteiger partial charge in [0, 0.05) is 99.3 Å². The fourth-order valence-electron chi connectivity index (χ4n) is 9.44. The lowest BCUT2D eigenvalue weighted by molar-refractivity contribution is -0.173. The third kappa shape index (κ3) is 11.3. The van der Waals surface area contributed by atoms with Crippen molar-refractivity contribution in [1.82, 2.24) is 35.2 Å². The molecule has 0 spiro atoms. The van der Waals surface area contributed by atoms with Crippen LogP contribution in [0.25, 0.3) is 33.4 Å². The summed E-state index contributed by atoms with van der Waals surface area (Å²) in [5.74, 6) is -2.50. The second kappa shape index (κ2) is 22.0. The highest BCUT2D eigenvalue weighted by Crippen LogP contribution is 2.46. The molecule has 2 aliphatic rings. The molecule has 2 aliphatic heterocycles. The summed E-state index contributed by atoms with van der Waals surface area (Å²) in [5.41, 5.74) is 7.46. The number of amides is 3. The zero-order valence-electron chi connectivity index (χ0n) is 42.1. The van der Waals surface area contributed by atoms with Gasteiger partial charge in [-0.25, -0.2) is 24.8 Å². The number of nitrogens with one attached hydrogen (secondary N) is 2. The van der Waals surface area contributed by atoms with Gasteiger partial charge in [-0.3, -0.25) is 14.8 Å². The number of aryl methyl sites for hydroxylation is 1. The van der Waals surface area contributed by atoms with Crippen molar-refractivity contribution in [3.8, 4) is 22.5 Å². The number of anilines is 1. The van der Waals surface area contributed by atoms with Gasteiger partial charge in [0.2, 0.25) is 11.4 Å². The lowest BCUT2D eigenvalue weighted by atomic mass is 9.79. The van der Waals surface area contributed by atoms with E-state index < -0.39 is 40.4 Å². The van der Waals surface area contributed by atoms with Crippen molar-refractivity contribution in [3.05, 3.63) is 101 Å². The molecule has 0 radical (unpaired) electrons. The number of aromatic nitrogens is 3. The number of carbonyl (C=O) groups is 4. The maximum atomic E-state index is 14.0. The number of rotatable bonds is 17. The minimum Gasteiger partial charge on any atom is -0.479 e. The summed E-state index contributed by atoms with van der Waals surface area (Å²) in [4.78, 5) is 67.2. The molecule has 2 fully saturated rings. The van der Waals surface area contributed by atoms with Crippen molar-refractivity contribution in [2.24, 2.45) is 11.3 Å². The SMILES string of the molecule is C=CC1CCNN(C(=O)CCNC(=O)OC(C)(C)C)[C@@]1(C(=O)O)c1nc(-c2ccc3c(c2)c(CC(C)(C)CO)c(-c2cc(N4CCN(C(=O)OCc5ccccc5)CC4)cnc2[C@H](C)OC)n3CC)cs1. The molecule has 3 aromatic heterocycles. The molecule has 71 heavy (non-hydrogen) atoms. The Balaban J connectivity index is 1.25. The molecule has 4 N–H and O–H groups in total. The number of hydrazine groups is 1. The molecule has 7 rings (SSSR count). The van der Waals surface area contributed by atoms with E-state index in [1.165, 1.54) is 0 Å². The molecule has 2 aromatic carbocycles. The van der Waals surface area contributed by atoms with E-state index in [1.54, 1.807) is 38.9 Å². The smallest absolute Gasteiger partial charge is 0.410 e. The molecule has 0 saturated carbocycles. The number of carbonyl (C=O) groups excluding carboxylic acids is 3. The summed E-state index contributed by atoms with van der Waals surface area (Å²) in [5, 5.41) is 28.6. The second-order valence-electron chi connectivity index (χ2n) is 19.9. The van der Waals surface area contributed by atoms with Crippen LogP contribution in [0.5, 0.6) is 0 Å². The standard InChI is InChI=1S/C53H68N8O9S/c1-10-37-19-22-56-61(44(63)20-21-54-49(66)70-51(4,5)6)53(37,48(64)65)47-57-42(32-71-47)36-17-18-43-39(27-36)41(29-52(7,8)33-62)46(60(43)11-2)40-28-38(30-55-45(40)34(3)68-9)58-23-25-59(26-24-58)50(67)69-31-35-15-13-12-14-16-35/h10,12-18,27-28,30,32,34,37,56,62H,1,11,19-26,29,31,33H2,2-9H3,(H,54,66)(H,64,65)/t34-,37?,53+/m0/s1. The Hall–Kier alpha value is -6.34. The van der Waals surface area contributed by atoms with E-state index in [-0.39, 0.29) is 43.4 Å². The van der Waals surface area contributed by atoms with E-state index in [4.69, 9.17) is 24.2 Å². The number of aliphatic hydroxyl groups is 1. The van der Waals surface area contributed by atoms with Crippen molar-refractivity contribution in [2.45, 2.75) is 98.1 Å². The molecular weight excluding hydrogens is 925 g/mol. The summed E-state index contributed by atoms with van der Waals surface area (Å²) in [6.07, 6.45) is 2.71. The zero-order valence-corrected chi connectivity index (χ0v) is 42.9. The van der Waals surface area contributed by atoms with E-state index >= 15 is 0 Å². The molecule has 17 nitrogen and oxygen atoms in total. The van der Waals surface area contributed by atoms with Gasteiger partial charge in [0.25, 0.3) is 0 Å². The molecule has 1 unspecified atom stereocenters. The monoisotopic (exact) mass is 992 g/mol. The van der Waals surface area contributed by atoms with Crippen LogP contribution in [0.4, 0.5) is 15.3 Å². The average molecular weight is 993 g/mol. The molecule has 3 amide bonds. The third-order valence-electron chi connectivity index (χ3n) is 13.2. The molecule has 3 atom stereocenters. The highest BCUT2D eigenvalue weighted by atomic mass is 32.1. The van der Waals surface area contributed by atoms with Gasteiger partial charge in [-0.05, 0) is 82.2 Å². The maximum Gasteiger partial charge on any atom is 0.410 e. The molecule has 5 heterocycles. The Morgan fingerprint density at radius 2 is 1.79 bits per heavy atom. The number of benzene rings is 2. The van der Waals surface area contributed by atoms with Gasteiger partial charge in [-0.1, -0.05) is 56.3 Å². The van der Waals surface area contributed by atoms with Crippen LogP contribution in [0, 0.1) is 11.3 Å². The van der Waals surface area contributed by atoms with E-state index in [1.807, 2.05) is 74.8 Å². The van der Waals surface area contributed by atoms with Gasteiger partial charge in [0.15, 0.2) is 0 Å². The number of piperazine rings is 1. The molecule has 5 aromatic rings. The number of hydrogen-bond acceptors (Lipinski definition) is 13. The molecule has 0 bridgehead atoms. The number of alkyl carbamates (subject to hydrolysis) is 1. The predicted octanol–water partition coefficient (Wildman–Crippen LogP) is 8.31. The van der Waals surface area contributed by atoms with Gasteiger partial charge in [0.1, 0.15) is 17.2 Å². The van der Waals surface area contributed by atoms with Crippen LogP contribution in [-0.4, -0.2) is 117 Å². The Morgan fingerprint density at radius 1 is 1.06 bits per heavy atom. The van der Waals surface area contributed by atoms with Crippen molar-refractivity contribution >= 4 is 52.0 Å². The number of thiazole rings is 1. The predicted molar refractivity (Wildman–Crippen MR) is 274 cm³/mol. The summed E-state index contributed by atoms with van der Waals surface area (Å²) >= 11 is 1.16. The minimum atomic E-state index is -1.93. The van der Waals surface area contributed by atoms with Gasteiger partial charge >= 0.3 is 18.2 Å². The first-order valence-corrected chi connectivity index (χ1v) is 25.1. The largest absolute Gasteiger partial charge is 0.479 e. The van der Waals surface area contributed by atoms with Crippen LogP contribution < -0.4 is 15.6 Å². The fraction of sp³-hybridized carbons (Fsp3) is 0.472. The van der Waals surface area contributed by atoms with Crippen molar-refractivity contribution in [1.29, 1.82) is 0 Å². The van der Waals surface area contributed by atoms with Crippen LogP contribution in [0.3, 0.4) is 0 Å². The quantitative estimate of drug-likeness (QED) is 0.0649. The van der Waals surface area contributed by atoms with Crippen LogP contribution in [0.1, 0.15) is 89.2 Å². The van der Waals surface area contributed by atoms with Crippen molar-refractivity contribution < 1.29 is 43.6 Å². The number of pyridine rings is 1. The summed E-state index contributed by atoms with van der Waals surface area (Å²) in [6, 6.07) is 17.9. The number of aliphatic carboxylic acids is 1. The summed E-state index contributed by atoms with van der Waals surface area (Å²) < 4.78 is 19.2. The molecule has 0 aliphatic carbocycles. The highest BCUT2D eigenvalue weighted by molar-refractivity contribution is 7.10. The van der Waals surface area contributed by atoms with E-state index in [0.717, 1.165) is 66.6 Å². The number of methoxy groups -OCH3 is 1. The van der Waals surface area contributed by atoms with Crippen molar-refractivity contribution in [3.63, 3.8) is 0 Å². The van der Waals surface area contributed by atoms with Crippen LogP contribution >= 0.6 is 11.3 Å². The van der Waals surface area contributed by atoms with Gasteiger partial charge in [-0.2, -0.15) is 0 Å². The number of ether oxygens (including phenoxy) is 3. The first-order chi connectivity index (χ1) is 33.8. The van der Waals surface area contributed by atoms with Gasteiger partial charge in [0.05, 0.1) is 35.1 Å². The van der Waals surface area contributed by atoms with E-state index in [9.17, 15) is 29.4 Å². The summed E-state index contributed by atoms with van der Waals surface area (Å²) in [6.45, 7) is 20.4. The number of carboxylic acids is 1. The van der Waals surface area contributed by atoms with Crippen LogP contribution in [0.2, 0.25) is 0 Å². The molecule has 380 valence electrons. The maximum absolute atomic E-state index is 14.0. The molecule has 2 saturated heterocycles.